The Kier molecular flexibility index (Phi) is 4.76. The highest BCUT2D eigenvalue weighted by Gasteiger charge is 2.13. The zero-order valence-electron chi connectivity index (χ0n) is 11.1. The van der Waals surface area contributed by atoms with E-state index in [0.717, 1.165) is 11.6 Å². The minimum Gasteiger partial charge on any atom is -0.387 e. The summed E-state index contributed by atoms with van der Waals surface area (Å²) in [7, 11) is 0. The lowest BCUT2D eigenvalue weighted by Gasteiger charge is -2.18. The number of benzene rings is 1. The van der Waals surface area contributed by atoms with Crippen molar-refractivity contribution in [3.8, 4) is 0 Å². The van der Waals surface area contributed by atoms with Crippen LogP contribution in [0.25, 0.3) is 0 Å². The van der Waals surface area contributed by atoms with Gasteiger partial charge in [0.25, 0.3) is 0 Å². The first kappa shape index (κ1) is 14.6. The molecule has 5 heteroatoms. The van der Waals surface area contributed by atoms with Gasteiger partial charge in [0.05, 0.1) is 6.10 Å². The number of hydrogen-bond acceptors (Lipinski definition) is 3. The summed E-state index contributed by atoms with van der Waals surface area (Å²) in [4.78, 5) is 3.87. The summed E-state index contributed by atoms with van der Waals surface area (Å²) in [5, 5.41) is 13.0. The first-order valence-electron chi connectivity index (χ1n) is 6.34. The average Bonchev–Trinajstić information content (AvgIpc) is 2.45. The Hall–Kier alpha value is -1.85. The molecule has 20 heavy (non-hydrogen) atoms. The fourth-order valence-electron chi connectivity index (χ4n) is 1.95. The molecule has 3 nitrogen and oxygen atoms in total. The number of nitrogens with one attached hydrogen (secondary N) is 1. The molecule has 0 aliphatic heterocycles. The predicted molar refractivity (Wildman–Crippen MR) is 72.0 cm³/mol. The van der Waals surface area contributed by atoms with Crippen molar-refractivity contribution >= 4 is 0 Å². The van der Waals surface area contributed by atoms with Crippen molar-refractivity contribution in [2.75, 3.05) is 6.54 Å². The van der Waals surface area contributed by atoms with Crippen molar-refractivity contribution in [2.24, 2.45) is 0 Å². The highest BCUT2D eigenvalue weighted by Crippen LogP contribution is 2.19. The van der Waals surface area contributed by atoms with Crippen molar-refractivity contribution in [3.63, 3.8) is 0 Å². The molecule has 1 aromatic carbocycles. The molecule has 0 bridgehead atoms. The van der Waals surface area contributed by atoms with E-state index in [1.165, 1.54) is 12.1 Å². The van der Waals surface area contributed by atoms with Gasteiger partial charge in [0.2, 0.25) is 0 Å². The molecule has 0 radical (unpaired) electrons. The fourth-order valence-corrected chi connectivity index (χ4v) is 1.95. The van der Waals surface area contributed by atoms with Gasteiger partial charge in [0, 0.05) is 36.6 Å². The lowest BCUT2D eigenvalue weighted by molar-refractivity contribution is 0.170. The number of pyridine rings is 1. The van der Waals surface area contributed by atoms with Crippen LogP contribution in [0.1, 0.15) is 30.2 Å². The first-order valence-corrected chi connectivity index (χ1v) is 6.34. The molecule has 0 amide bonds. The van der Waals surface area contributed by atoms with Crippen LogP contribution in [0.4, 0.5) is 8.78 Å². The Morgan fingerprint density at radius 1 is 1.20 bits per heavy atom. The van der Waals surface area contributed by atoms with E-state index in [-0.39, 0.29) is 12.6 Å². The lowest BCUT2D eigenvalue weighted by Crippen LogP contribution is -2.25. The summed E-state index contributed by atoms with van der Waals surface area (Å²) in [6, 6.07) is 6.58. The molecule has 0 spiro atoms. The molecule has 2 rings (SSSR count). The monoisotopic (exact) mass is 278 g/mol. The summed E-state index contributed by atoms with van der Waals surface area (Å²) in [5.74, 6) is -1.20. The van der Waals surface area contributed by atoms with Gasteiger partial charge in [-0.15, -0.1) is 0 Å². The summed E-state index contributed by atoms with van der Waals surface area (Å²) >= 11 is 0. The zero-order chi connectivity index (χ0) is 14.5. The maximum absolute atomic E-state index is 13.6. The van der Waals surface area contributed by atoms with Crippen LogP contribution >= 0.6 is 0 Å². The molecular weight excluding hydrogens is 262 g/mol. The Labute approximate surface area is 116 Å². The summed E-state index contributed by atoms with van der Waals surface area (Å²) in [6.45, 7) is 2.03. The molecule has 0 saturated heterocycles. The third-order valence-corrected chi connectivity index (χ3v) is 3.14. The average molecular weight is 278 g/mol. The largest absolute Gasteiger partial charge is 0.387 e. The molecule has 106 valence electrons. The number of halogens is 2. The van der Waals surface area contributed by atoms with Crippen molar-refractivity contribution in [1.29, 1.82) is 0 Å². The van der Waals surface area contributed by atoms with Crippen molar-refractivity contribution in [3.05, 3.63) is 65.5 Å². The van der Waals surface area contributed by atoms with E-state index in [2.05, 4.69) is 10.3 Å². The van der Waals surface area contributed by atoms with Crippen LogP contribution < -0.4 is 5.32 Å². The van der Waals surface area contributed by atoms with Gasteiger partial charge >= 0.3 is 0 Å². The van der Waals surface area contributed by atoms with Gasteiger partial charge < -0.3 is 10.4 Å². The number of aromatic nitrogens is 1. The second kappa shape index (κ2) is 6.54. The number of rotatable bonds is 5. The SMILES string of the molecule is CC(NCC(O)c1ccncc1)c1ccc(F)cc1F. The smallest absolute Gasteiger partial charge is 0.130 e. The molecule has 0 aliphatic rings. The maximum Gasteiger partial charge on any atom is 0.130 e. The van der Waals surface area contributed by atoms with Gasteiger partial charge in [0.1, 0.15) is 11.6 Å². The van der Waals surface area contributed by atoms with Crippen molar-refractivity contribution in [1.82, 2.24) is 10.3 Å². The van der Waals surface area contributed by atoms with Gasteiger partial charge in [0.15, 0.2) is 0 Å². The first-order chi connectivity index (χ1) is 9.58. The topological polar surface area (TPSA) is 45.1 Å². The quantitative estimate of drug-likeness (QED) is 0.884. The summed E-state index contributed by atoms with van der Waals surface area (Å²) in [5.41, 5.74) is 1.10. The van der Waals surface area contributed by atoms with Crippen molar-refractivity contribution in [2.45, 2.75) is 19.1 Å². The van der Waals surface area contributed by atoms with Crippen LogP contribution in [-0.2, 0) is 0 Å². The van der Waals surface area contributed by atoms with E-state index >= 15 is 0 Å². The van der Waals surface area contributed by atoms with Gasteiger partial charge in [-0.2, -0.15) is 0 Å². The Balaban J connectivity index is 1.96. The van der Waals surface area contributed by atoms with Gasteiger partial charge in [-0.25, -0.2) is 8.78 Å². The minimum atomic E-state index is -0.705. The van der Waals surface area contributed by atoms with E-state index in [4.69, 9.17) is 0 Å². The van der Waals surface area contributed by atoms with E-state index < -0.39 is 17.7 Å². The number of nitrogens with zero attached hydrogens (tertiary/aromatic N) is 1. The molecule has 1 aromatic heterocycles. The Morgan fingerprint density at radius 2 is 1.90 bits per heavy atom. The van der Waals surface area contributed by atoms with E-state index in [1.807, 2.05) is 0 Å². The second-order valence-corrected chi connectivity index (χ2v) is 4.59. The molecule has 0 saturated carbocycles. The molecule has 2 aromatic rings. The van der Waals surface area contributed by atoms with Crippen molar-refractivity contribution < 1.29 is 13.9 Å². The van der Waals surface area contributed by atoms with Crippen LogP contribution in [0, 0.1) is 11.6 Å². The van der Waals surface area contributed by atoms with E-state index in [1.54, 1.807) is 31.5 Å². The lowest BCUT2D eigenvalue weighted by atomic mass is 10.1. The van der Waals surface area contributed by atoms with Crippen LogP contribution in [0.5, 0.6) is 0 Å². The second-order valence-electron chi connectivity index (χ2n) is 4.59. The molecule has 2 atom stereocenters. The molecule has 1 heterocycles. The van der Waals surface area contributed by atoms with Crippen LogP contribution in [-0.4, -0.2) is 16.6 Å². The normalized spacial score (nSPS) is 14.0. The number of hydrogen-bond donors (Lipinski definition) is 2. The van der Waals surface area contributed by atoms with Gasteiger partial charge in [-0.05, 0) is 30.7 Å². The number of aliphatic hydroxyl groups is 1. The third kappa shape index (κ3) is 3.59. The molecule has 2 N–H and O–H groups in total. The highest BCUT2D eigenvalue weighted by molar-refractivity contribution is 5.22. The highest BCUT2D eigenvalue weighted by atomic mass is 19.1. The molecule has 2 unspecified atom stereocenters. The number of aliphatic hydroxyl groups excluding tert-OH is 1. The van der Waals surface area contributed by atoms with Crippen LogP contribution in [0.3, 0.4) is 0 Å². The van der Waals surface area contributed by atoms with Gasteiger partial charge in [-0.3, -0.25) is 4.98 Å². The van der Waals surface area contributed by atoms with E-state index in [9.17, 15) is 13.9 Å². The molecular formula is C15H16F2N2O. The van der Waals surface area contributed by atoms with Crippen LogP contribution in [0.2, 0.25) is 0 Å². The zero-order valence-corrected chi connectivity index (χ0v) is 11.1. The standard InChI is InChI=1S/C15H16F2N2O/c1-10(13-3-2-12(16)8-14(13)17)19-9-15(20)11-4-6-18-7-5-11/h2-8,10,15,19-20H,9H2,1H3. The Bertz CT molecular complexity index is 563. The van der Waals surface area contributed by atoms with Crippen LogP contribution in [0.15, 0.2) is 42.7 Å². The summed E-state index contributed by atoms with van der Waals surface area (Å²) in [6.07, 6.45) is 2.49. The van der Waals surface area contributed by atoms with E-state index in [0.29, 0.717) is 5.56 Å². The predicted octanol–water partition coefficient (Wildman–Crippen LogP) is 2.74. The molecule has 0 aliphatic carbocycles. The maximum atomic E-state index is 13.6. The molecule has 0 fully saturated rings. The summed E-state index contributed by atoms with van der Waals surface area (Å²) < 4.78 is 26.4. The van der Waals surface area contributed by atoms with Gasteiger partial charge in [-0.1, -0.05) is 6.07 Å². The fraction of sp³-hybridized carbons (Fsp3) is 0.267. The minimum absolute atomic E-state index is 0.266. The Morgan fingerprint density at radius 3 is 2.55 bits per heavy atom. The third-order valence-electron chi connectivity index (χ3n) is 3.14.